The lowest BCUT2D eigenvalue weighted by molar-refractivity contribution is 0.0378. The van der Waals surface area contributed by atoms with E-state index < -0.39 is 17.8 Å². The second-order valence-electron chi connectivity index (χ2n) is 8.93. The Kier molecular flexibility index (Phi) is 8.70. The van der Waals surface area contributed by atoms with Crippen molar-refractivity contribution in [2.24, 2.45) is 5.73 Å². The number of hydrogen-bond donors (Lipinski definition) is 4. The summed E-state index contributed by atoms with van der Waals surface area (Å²) in [5.74, 6) is -0.585. The molecular weight excluding hydrogens is 495 g/mol. The Bertz CT molecular complexity index is 1280. The van der Waals surface area contributed by atoms with Crippen LogP contribution in [0.15, 0.2) is 36.4 Å². The van der Waals surface area contributed by atoms with E-state index in [-0.39, 0.29) is 5.69 Å². The Hall–Kier alpha value is -3.54. The van der Waals surface area contributed by atoms with Crippen LogP contribution in [0.25, 0.3) is 10.4 Å². The monoisotopic (exact) mass is 526 g/mol. The van der Waals surface area contributed by atoms with E-state index in [1.807, 2.05) is 13.8 Å². The second-order valence-corrected chi connectivity index (χ2v) is 9.70. The van der Waals surface area contributed by atoms with Crippen LogP contribution in [0.5, 0.6) is 0 Å². The first kappa shape index (κ1) is 26.5. The highest BCUT2D eigenvalue weighted by Gasteiger charge is 2.21. The number of anilines is 3. The highest BCUT2D eigenvalue weighted by atomic mass is 32.1. The number of nitrogens with two attached hydrogens (primary N) is 1. The van der Waals surface area contributed by atoms with Gasteiger partial charge in [-0.15, -0.1) is 0 Å². The first-order chi connectivity index (χ1) is 17.8. The lowest BCUT2D eigenvalue weighted by atomic mass is 10.0. The lowest BCUT2D eigenvalue weighted by Crippen LogP contribution is -2.37. The second kappa shape index (κ2) is 12.1. The SMILES string of the molecule is Cc1ccc(F)c(NC(=O)Nc2ccc(-c3snc(NCCCN4CCOCC4)c3C(N)=O)c(C)c2)c1. The van der Waals surface area contributed by atoms with E-state index in [0.717, 1.165) is 56.0 Å². The van der Waals surface area contributed by atoms with E-state index in [9.17, 15) is 14.0 Å². The first-order valence-electron chi connectivity index (χ1n) is 12.1. The summed E-state index contributed by atoms with van der Waals surface area (Å²) in [6.07, 6.45) is 0.902. The molecule has 9 nitrogen and oxygen atoms in total. The molecule has 11 heteroatoms. The molecule has 0 saturated carbocycles. The minimum atomic E-state index is -0.559. The van der Waals surface area contributed by atoms with Crippen molar-refractivity contribution in [3.63, 3.8) is 0 Å². The third-order valence-electron chi connectivity index (χ3n) is 6.08. The average Bonchev–Trinajstić information content (AvgIpc) is 3.29. The average molecular weight is 527 g/mol. The van der Waals surface area contributed by atoms with Gasteiger partial charge in [0, 0.05) is 25.3 Å². The number of benzene rings is 2. The number of carbonyl (C=O) groups is 2. The van der Waals surface area contributed by atoms with Crippen LogP contribution < -0.4 is 21.7 Å². The van der Waals surface area contributed by atoms with E-state index in [2.05, 4.69) is 25.2 Å². The zero-order valence-corrected chi connectivity index (χ0v) is 21.7. The van der Waals surface area contributed by atoms with Gasteiger partial charge in [-0.1, -0.05) is 12.1 Å². The lowest BCUT2D eigenvalue weighted by Gasteiger charge is -2.26. The van der Waals surface area contributed by atoms with Crippen molar-refractivity contribution in [2.75, 3.05) is 55.3 Å². The van der Waals surface area contributed by atoms with Crippen LogP contribution in [0.4, 0.5) is 26.4 Å². The smallest absolute Gasteiger partial charge is 0.323 e. The van der Waals surface area contributed by atoms with Crippen molar-refractivity contribution in [2.45, 2.75) is 20.3 Å². The molecule has 3 amide bonds. The Labute approximate surface area is 219 Å². The zero-order chi connectivity index (χ0) is 26.4. The largest absolute Gasteiger partial charge is 0.379 e. The zero-order valence-electron chi connectivity index (χ0n) is 20.9. The van der Waals surface area contributed by atoms with Gasteiger partial charge in [-0.2, -0.15) is 4.37 Å². The predicted molar refractivity (Wildman–Crippen MR) is 145 cm³/mol. The van der Waals surface area contributed by atoms with Gasteiger partial charge < -0.3 is 26.4 Å². The number of aromatic nitrogens is 1. The number of rotatable bonds is 9. The standard InChI is InChI=1S/C26H31FN6O3S/c1-16-4-7-20(27)21(14-16)31-26(35)30-18-5-6-19(17(2)15-18)23-22(24(28)34)25(32-37-23)29-8-3-9-33-10-12-36-13-11-33/h4-7,14-15H,3,8-13H2,1-2H3,(H2,28,34)(H,29,32)(H2,30,31,35). The van der Waals surface area contributed by atoms with Gasteiger partial charge >= 0.3 is 6.03 Å². The minimum absolute atomic E-state index is 0.103. The van der Waals surface area contributed by atoms with Crippen LogP contribution in [0.1, 0.15) is 27.9 Å². The van der Waals surface area contributed by atoms with E-state index in [1.54, 1.807) is 30.3 Å². The van der Waals surface area contributed by atoms with E-state index in [1.165, 1.54) is 17.6 Å². The maximum Gasteiger partial charge on any atom is 0.323 e. The van der Waals surface area contributed by atoms with Crippen molar-refractivity contribution in [3.05, 3.63) is 58.9 Å². The summed E-state index contributed by atoms with van der Waals surface area (Å²) in [7, 11) is 0. The third-order valence-corrected chi connectivity index (χ3v) is 6.97. The molecule has 0 spiro atoms. The molecule has 0 atom stereocenters. The molecule has 1 fully saturated rings. The molecule has 1 aliphatic rings. The van der Waals surface area contributed by atoms with E-state index >= 15 is 0 Å². The number of ether oxygens (including phenoxy) is 1. The fourth-order valence-electron chi connectivity index (χ4n) is 4.17. The molecule has 1 aliphatic heterocycles. The first-order valence-corrected chi connectivity index (χ1v) is 12.9. The summed E-state index contributed by atoms with van der Waals surface area (Å²) in [4.78, 5) is 27.8. The van der Waals surface area contributed by atoms with Crippen molar-refractivity contribution >= 4 is 40.7 Å². The number of morpholine rings is 1. The van der Waals surface area contributed by atoms with Gasteiger partial charge in [0.2, 0.25) is 0 Å². The molecule has 0 aliphatic carbocycles. The van der Waals surface area contributed by atoms with Crippen LogP contribution >= 0.6 is 11.5 Å². The molecule has 1 saturated heterocycles. The number of amides is 3. The van der Waals surface area contributed by atoms with Gasteiger partial charge in [0.05, 0.1) is 23.8 Å². The number of carbonyl (C=O) groups excluding carboxylic acids is 2. The molecule has 1 aromatic heterocycles. The van der Waals surface area contributed by atoms with Crippen LogP contribution in [0.3, 0.4) is 0 Å². The maximum absolute atomic E-state index is 14.0. The molecule has 2 aromatic carbocycles. The highest BCUT2D eigenvalue weighted by molar-refractivity contribution is 7.10. The van der Waals surface area contributed by atoms with Gasteiger partial charge in [0.25, 0.3) is 5.91 Å². The Balaban J connectivity index is 1.41. The summed E-state index contributed by atoms with van der Waals surface area (Å²) in [5.41, 5.74) is 9.16. The minimum Gasteiger partial charge on any atom is -0.379 e. The molecular formula is C26H31FN6O3S. The molecule has 3 aromatic rings. The molecule has 0 bridgehead atoms. The van der Waals surface area contributed by atoms with Gasteiger partial charge in [-0.05, 0) is 79.3 Å². The molecule has 4 rings (SSSR count). The van der Waals surface area contributed by atoms with Crippen molar-refractivity contribution < 1.29 is 18.7 Å². The number of nitrogens with zero attached hydrogens (tertiary/aromatic N) is 2. The Morgan fingerprint density at radius 1 is 1.14 bits per heavy atom. The number of halogens is 1. The van der Waals surface area contributed by atoms with E-state index in [4.69, 9.17) is 10.5 Å². The molecule has 37 heavy (non-hydrogen) atoms. The van der Waals surface area contributed by atoms with Crippen molar-refractivity contribution in [1.82, 2.24) is 9.27 Å². The fourth-order valence-corrected chi connectivity index (χ4v) is 5.13. The van der Waals surface area contributed by atoms with Gasteiger partial charge in [-0.25, -0.2) is 9.18 Å². The molecule has 0 unspecified atom stereocenters. The van der Waals surface area contributed by atoms with Crippen molar-refractivity contribution in [1.29, 1.82) is 0 Å². The van der Waals surface area contributed by atoms with Gasteiger partial charge in [-0.3, -0.25) is 9.69 Å². The number of nitrogens with one attached hydrogen (secondary N) is 3. The third kappa shape index (κ3) is 6.82. The summed E-state index contributed by atoms with van der Waals surface area (Å²) < 4.78 is 23.8. The topological polar surface area (TPSA) is 122 Å². The number of urea groups is 1. The Morgan fingerprint density at radius 3 is 2.65 bits per heavy atom. The highest BCUT2D eigenvalue weighted by Crippen LogP contribution is 2.36. The van der Waals surface area contributed by atoms with Gasteiger partial charge in [0.15, 0.2) is 5.82 Å². The summed E-state index contributed by atoms with van der Waals surface area (Å²) in [6, 6.07) is 9.24. The number of hydrogen-bond acceptors (Lipinski definition) is 7. The normalized spacial score (nSPS) is 13.8. The summed E-state index contributed by atoms with van der Waals surface area (Å²) in [5, 5.41) is 8.50. The fraction of sp³-hybridized carbons (Fsp3) is 0.346. The number of primary amides is 1. The Morgan fingerprint density at radius 2 is 1.92 bits per heavy atom. The van der Waals surface area contributed by atoms with Gasteiger partial charge in [0.1, 0.15) is 11.4 Å². The van der Waals surface area contributed by atoms with Crippen LogP contribution in [-0.2, 0) is 4.74 Å². The predicted octanol–water partition coefficient (Wildman–Crippen LogP) is 4.44. The van der Waals surface area contributed by atoms with Crippen LogP contribution in [0.2, 0.25) is 0 Å². The van der Waals surface area contributed by atoms with E-state index in [0.29, 0.717) is 28.5 Å². The maximum atomic E-state index is 14.0. The molecule has 196 valence electrons. The summed E-state index contributed by atoms with van der Waals surface area (Å²) >= 11 is 1.20. The molecule has 2 heterocycles. The molecule has 5 N–H and O–H groups in total. The quantitative estimate of drug-likeness (QED) is 0.306. The molecule has 0 radical (unpaired) electrons. The van der Waals surface area contributed by atoms with Crippen LogP contribution in [0, 0.1) is 19.7 Å². The van der Waals surface area contributed by atoms with Crippen LogP contribution in [-0.4, -0.2) is 60.6 Å². The summed E-state index contributed by atoms with van der Waals surface area (Å²) in [6.45, 7) is 8.69. The number of aryl methyl sites for hydroxylation is 2. The van der Waals surface area contributed by atoms with Crippen molar-refractivity contribution in [3.8, 4) is 10.4 Å².